The summed E-state index contributed by atoms with van der Waals surface area (Å²) in [6.45, 7) is 6.81. The zero-order valence-corrected chi connectivity index (χ0v) is 19.8. The molecule has 2 aromatic rings. The minimum atomic E-state index is -3.67. The highest BCUT2D eigenvalue weighted by atomic mass is 32.2. The summed E-state index contributed by atoms with van der Waals surface area (Å²) in [7, 11) is -3.67. The van der Waals surface area contributed by atoms with Crippen LogP contribution in [0.3, 0.4) is 0 Å². The highest BCUT2D eigenvalue weighted by molar-refractivity contribution is 7.90. The average molecular weight is 476 g/mol. The normalized spacial score (nSPS) is 17.6. The fourth-order valence-corrected chi connectivity index (χ4v) is 6.33. The van der Waals surface area contributed by atoms with Gasteiger partial charge in [-0.15, -0.1) is 15.7 Å². The zero-order valence-electron chi connectivity index (χ0n) is 18.2. The number of benzene rings is 1. The number of nitrogens with one attached hydrogen (secondary N) is 1. The second-order valence-electron chi connectivity index (χ2n) is 7.84. The van der Waals surface area contributed by atoms with Gasteiger partial charge < -0.3 is 15.0 Å². The molecule has 32 heavy (non-hydrogen) atoms. The van der Waals surface area contributed by atoms with Gasteiger partial charge in [-0.25, -0.2) is 4.79 Å². The summed E-state index contributed by atoms with van der Waals surface area (Å²) in [5.74, 6) is -0.358. The molecule has 2 aliphatic rings. The molecule has 0 atom stereocenters. The molecule has 8 nitrogen and oxygen atoms in total. The SMILES string of the molecule is CCOC(=O)c1c(NC(=O)C2CCN(C3=NS(=O)(=O)c4ccccc43)CC2)sc(C)c1C. The summed E-state index contributed by atoms with van der Waals surface area (Å²) in [6, 6.07) is 6.80. The van der Waals surface area contributed by atoms with E-state index in [4.69, 9.17) is 4.74 Å². The maximum atomic E-state index is 12.9. The van der Waals surface area contributed by atoms with Crippen molar-refractivity contribution in [3.05, 3.63) is 45.8 Å². The Morgan fingerprint density at radius 1 is 1.22 bits per heavy atom. The van der Waals surface area contributed by atoms with E-state index in [0.29, 0.717) is 47.9 Å². The van der Waals surface area contributed by atoms with Crippen LogP contribution in [0.5, 0.6) is 0 Å². The fraction of sp³-hybridized carbons (Fsp3) is 0.409. The number of ether oxygens (including phenoxy) is 1. The molecule has 1 fully saturated rings. The third-order valence-corrected chi connectivity index (χ3v) is 8.33. The Kier molecular flexibility index (Phi) is 6.09. The summed E-state index contributed by atoms with van der Waals surface area (Å²) in [5, 5.41) is 3.45. The van der Waals surface area contributed by atoms with E-state index < -0.39 is 16.0 Å². The number of hydrogen-bond donors (Lipinski definition) is 1. The molecule has 0 radical (unpaired) electrons. The van der Waals surface area contributed by atoms with Crippen molar-refractivity contribution in [3.8, 4) is 0 Å². The van der Waals surface area contributed by atoms with Gasteiger partial charge in [-0.1, -0.05) is 12.1 Å². The molecule has 10 heteroatoms. The fourth-order valence-electron chi connectivity index (χ4n) is 4.05. The first kappa shape index (κ1) is 22.5. The van der Waals surface area contributed by atoms with E-state index in [9.17, 15) is 18.0 Å². The minimum absolute atomic E-state index is 0.141. The lowest BCUT2D eigenvalue weighted by atomic mass is 9.95. The standard InChI is InChI=1S/C22H25N3O5S2/c1-4-30-22(27)18-13(2)14(3)31-21(18)23-20(26)15-9-11-25(12-10-15)19-16-7-5-6-8-17(16)32(28,29)24-19/h5-8,15H,4,9-12H2,1-3H3,(H,23,26). The van der Waals surface area contributed by atoms with Crippen LogP contribution in [-0.4, -0.2) is 50.7 Å². The Morgan fingerprint density at radius 3 is 2.59 bits per heavy atom. The first-order valence-corrected chi connectivity index (χ1v) is 12.8. The number of rotatable bonds is 4. The van der Waals surface area contributed by atoms with E-state index in [1.54, 1.807) is 31.2 Å². The van der Waals surface area contributed by atoms with Gasteiger partial charge in [0.2, 0.25) is 5.91 Å². The highest BCUT2D eigenvalue weighted by Crippen LogP contribution is 2.34. The van der Waals surface area contributed by atoms with Crippen LogP contribution >= 0.6 is 11.3 Å². The summed E-state index contributed by atoms with van der Waals surface area (Å²) in [5.41, 5.74) is 1.85. The van der Waals surface area contributed by atoms with Crippen LogP contribution in [0.25, 0.3) is 0 Å². The van der Waals surface area contributed by atoms with Crippen LogP contribution in [0.15, 0.2) is 33.6 Å². The van der Waals surface area contributed by atoms with Crippen molar-refractivity contribution in [2.75, 3.05) is 25.0 Å². The molecule has 0 unspecified atom stereocenters. The van der Waals surface area contributed by atoms with Crippen molar-refractivity contribution in [3.63, 3.8) is 0 Å². The molecule has 1 amide bonds. The number of amides is 1. The Balaban J connectivity index is 1.45. The van der Waals surface area contributed by atoms with Gasteiger partial charge in [-0.05, 0) is 51.3 Å². The van der Waals surface area contributed by atoms with Crippen molar-refractivity contribution < 1.29 is 22.7 Å². The summed E-state index contributed by atoms with van der Waals surface area (Å²) < 4.78 is 33.8. The number of carbonyl (C=O) groups excluding carboxylic acids is 2. The summed E-state index contributed by atoms with van der Waals surface area (Å²) in [6.07, 6.45) is 1.12. The van der Waals surface area contributed by atoms with Gasteiger partial charge in [0.05, 0.1) is 12.2 Å². The molecule has 0 spiro atoms. The number of sulfonamides is 1. The Morgan fingerprint density at radius 2 is 1.91 bits per heavy atom. The second-order valence-corrected chi connectivity index (χ2v) is 10.6. The second kappa shape index (κ2) is 8.67. The average Bonchev–Trinajstić information content (AvgIpc) is 3.21. The van der Waals surface area contributed by atoms with Crippen LogP contribution in [0, 0.1) is 19.8 Å². The first-order chi connectivity index (χ1) is 15.2. The molecular formula is C22H25N3O5S2. The van der Waals surface area contributed by atoms with Gasteiger partial charge in [0, 0.05) is 29.4 Å². The Labute approximate surface area is 191 Å². The number of nitrogens with zero attached hydrogens (tertiary/aromatic N) is 2. The quantitative estimate of drug-likeness (QED) is 0.680. The predicted molar refractivity (Wildman–Crippen MR) is 123 cm³/mol. The first-order valence-electron chi connectivity index (χ1n) is 10.5. The molecule has 1 aromatic carbocycles. The number of aryl methyl sites for hydroxylation is 1. The number of piperidine rings is 1. The predicted octanol–water partition coefficient (Wildman–Crippen LogP) is 3.34. The Hall–Kier alpha value is -2.72. The number of anilines is 1. The van der Waals surface area contributed by atoms with Gasteiger partial charge in [-0.3, -0.25) is 4.79 Å². The zero-order chi connectivity index (χ0) is 23.0. The number of esters is 1. The Bertz CT molecular complexity index is 1210. The highest BCUT2D eigenvalue weighted by Gasteiger charge is 2.35. The number of hydrogen-bond acceptors (Lipinski definition) is 7. The minimum Gasteiger partial charge on any atom is -0.462 e. The lowest BCUT2D eigenvalue weighted by molar-refractivity contribution is -0.120. The summed E-state index contributed by atoms with van der Waals surface area (Å²) in [4.78, 5) is 28.4. The molecule has 170 valence electrons. The van der Waals surface area contributed by atoms with Crippen LogP contribution in [0.4, 0.5) is 5.00 Å². The maximum absolute atomic E-state index is 12.9. The monoisotopic (exact) mass is 475 g/mol. The smallest absolute Gasteiger partial charge is 0.341 e. The van der Waals surface area contributed by atoms with E-state index in [2.05, 4.69) is 9.71 Å². The van der Waals surface area contributed by atoms with Gasteiger partial charge in [-0.2, -0.15) is 8.42 Å². The van der Waals surface area contributed by atoms with Gasteiger partial charge in [0.25, 0.3) is 10.0 Å². The molecule has 0 aliphatic carbocycles. The van der Waals surface area contributed by atoms with E-state index in [0.717, 1.165) is 10.4 Å². The molecule has 0 bridgehead atoms. The summed E-state index contributed by atoms with van der Waals surface area (Å²) >= 11 is 1.37. The number of amidine groups is 1. The molecule has 0 saturated carbocycles. The van der Waals surface area contributed by atoms with Crippen LogP contribution in [0.1, 0.15) is 46.1 Å². The molecule has 3 heterocycles. The molecule has 1 N–H and O–H groups in total. The number of carbonyl (C=O) groups is 2. The van der Waals surface area contributed by atoms with Gasteiger partial charge in [0.15, 0.2) is 5.84 Å². The van der Waals surface area contributed by atoms with Crippen molar-refractivity contribution in [1.82, 2.24) is 4.90 Å². The largest absolute Gasteiger partial charge is 0.462 e. The third kappa shape index (κ3) is 4.04. The van der Waals surface area contributed by atoms with E-state index >= 15 is 0 Å². The van der Waals surface area contributed by atoms with Gasteiger partial charge in [0.1, 0.15) is 9.90 Å². The van der Waals surface area contributed by atoms with E-state index in [1.807, 2.05) is 18.7 Å². The maximum Gasteiger partial charge on any atom is 0.341 e. The van der Waals surface area contributed by atoms with Gasteiger partial charge >= 0.3 is 5.97 Å². The van der Waals surface area contributed by atoms with Crippen LogP contribution in [0.2, 0.25) is 0 Å². The van der Waals surface area contributed by atoms with Crippen molar-refractivity contribution in [2.24, 2.45) is 10.3 Å². The lowest BCUT2D eigenvalue weighted by Crippen LogP contribution is -2.41. The topological polar surface area (TPSA) is 105 Å². The van der Waals surface area contributed by atoms with Crippen LogP contribution in [-0.2, 0) is 19.6 Å². The van der Waals surface area contributed by atoms with Crippen molar-refractivity contribution >= 4 is 44.1 Å². The molecule has 2 aliphatic heterocycles. The van der Waals surface area contributed by atoms with Crippen molar-refractivity contribution in [1.29, 1.82) is 0 Å². The van der Waals surface area contributed by atoms with E-state index in [-0.39, 0.29) is 23.3 Å². The molecule has 1 saturated heterocycles. The number of likely N-dealkylation sites (tertiary alicyclic amines) is 1. The van der Waals surface area contributed by atoms with Crippen LogP contribution < -0.4 is 5.32 Å². The number of fused-ring (bicyclic) bond motifs is 1. The van der Waals surface area contributed by atoms with Crippen molar-refractivity contribution in [2.45, 2.75) is 38.5 Å². The molecule has 1 aromatic heterocycles. The lowest BCUT2D eigenvalue weighted by Gasteiger charge is -2.32. The number of thiophene rings is 1. The molecular weight excluding hydrogens is 450 g/mol. The third-order valence-electron chi connectivity index (χ3n) is 5.88. The molecule has 4 rings (SSSR count). The van der Waals surface area contributed by atoms with E-state index in [1.165, 1.54) is 11.3 Å².